The summed E-state index contributed by atoms with van der Waals surface area (Å²) in [5.41, 5.74) is 0. The van der Waals surface area contributed by atoms with Crippen molar-refractivity contribution in [3.05, 3.63) is 0 Å². The molecule has 0 radical (unpaired) electrons. The average molecular weight is 382 g/mol. The van der Waals surface area contributed by atoms with E-state index in [2.05, 4.69) is 9.78 Å². The average Bonchev–Trinajstić information content (AvgIpc) is 2.38. The molecule has 0 fully saturated rings. The van der Waals surface area contributed by atoms with Crippen LogP contribution in [0.5, 0.6) is 0 Å². The molecular weight excluding hydrogens is 374 g/mol. The van der Waals surface area contributed by atoms with Gasteiger partial charge in [0.05, 0.1) is 0 Å². The third kappa shape index (κ3) is 8.76. The monoisotopic (exact) mass is 382 g/mol. The van der Waals surface area contributed by atoms with E-state index in [1.807, 2.05) is 0 Å². The lowest BCUT2D eigenvalue weighted by Crippen LogP contribution is -2.37. The first-order valence-corrected chi connectivity index (χ1v) is 5.79. The summed E-state index contributed by atoms with van der Waals surface area (Å²) in [6.07, 6.45) is -18.6. The molecule has 0 rings (SSSR count). The third-order valence-corrected chi connectivity index (χ3v) is 2.24. The quantitative estimate of drug-likeness (QED) is 0.397. The smallest absolute Gasteiger partial charge is 0.240 e. The topological polar surface area (TPSA) is 52.6 Å². The number of carbonyl (C=O) groups is 2. The van der Waals surface area contributed by atoms with Gasteiger partial charge in [-0.15, -0.1) is 0 Å². The molecule has 0 saturated heterocycles. The molecule has 24 heavy (non-hydrogen) atoms. The Balaban J connectivity index is 4.54. The van der Waals surface area contributed by atoms with E-state index in [-0.39, 0.29) is 0 Å². The Kier molecular flexibility index (Phi) is 6.88. The van der Waals surface area contributed by atoms with Gasteiger partial charge in [-0.25, -0.2) is 19.4 Å². The van der Waals surface area contributed by atoms with Gasteiger partial charge in [0, 0.05) is 25.7 Å². The zero-order valence-electron chi connectivity index (χ0n) is 11.2. The molecular formula is C10H8F10O4. The minimum Gasteiger partial charge on any atom is -0.240 e. The van der Waals surface area contributed by atoms with Crippen molar-refractivity contribution in [3.63, 3.8) is 0 Å². The molecule has 0 bridgehead atoms. The Morgan fingerprint density at radius 1 is 0.542 bits per heavy atom. The zero-order valence-corrected chi connectivity index (χ0v) is 11.2. The van der Waals surface area contributed by atoms with Crippen molar-refractivity contribution in [2.75, 3.05) is 0 Å². The second-order valence-electron chi connectivity index (χ2n) is 4.38. The Labute approximate surface area is 126 Å². The summed E-state index contributed by atoms with van der Waals surface area (Å²) in [6, 6.07) is 0. The Hall–Kier alpha value is -1.76. The van der Waals surface area contributed by atoms with E-state index in [0.717, 1.165) is 0 Å². The van der Waals surface area contributed by atoms with Crippen LogP contribution in [0.3, 0.4) is 0 Å². The van der Waals surface area contributed by atoms with E-state index in [1.54, 1.807) is 0 Å². The van der Waals surface area contributed by atoms with Crippen molar-refractivity contribution in [2.45, 2.75) is 49.9 Å². The van der Waals surface area contributed by atoms with Crippen LogP contribution in [0.2, 0.25) is 0 Å². The number of hydrogen-bond donors (Lipinski definition) is 0. The molecule has 0 unspecified atom stereocenters. The van der Waals surface area contributed by atoms with Crippen LogP contribution in [0.15, 0.2) is 0 Å². The molecule has 0 aromatic rings. The molecule has 0 heterocycles. The van der Waals surface area contributed by atoms with Gasteiger partial charge in [0.1, 0.15) is 0 Å². The van der Waals surface area contributed by atoms with Crippen LogP contribution < -0.4 is 0 Å². The van der Waals surface area contributed by atoms with E-state index >= 15 is 0 Å². The number of halogens is 10. The highest BCUT2D eigenvalue weighted by atomic mass is 19.4. The fourth-order valence-electron chi connectivity index (χ4n) is 0.999. The largest absolute Gasteiger partial charge is 0.424 e. The Morgan fingerprint density at radius 2 is 0.792 bits per heavy atom. The van der Waals surface area contributed by atoms with Gasteiger partial charge in [-0.3, -0.25) is 0 Å². The van der Waals surface area contributed by atoms with E-state index in [0.29, 0.717) is 0 Å². The molecule has 0 aliphatic heterocycles. The van der Waals surface area contributed by atoms with Crippen LogP contribution >= 0.6 is 0 Å². The highest BCUT2D eigenvalue weighted by Crippen LogP contribution is 2.32. The molecule has 0 aliphatic carbocycles. The maximum absolute atomic E-state index is 12.9. The van der Waals surface area contributed by atoms with Crippen LogP contribution in [0.4, 0.5) is 43.9 Å². The van der Waals surface area contributed by atoms with Gasteiger partial charge < -0.3 is 0 Å². The van der Waals surface area contributed by atoms with Crippen LogP contribution in [-0.2, 0) is 19.4 Å². The normalized spacial score (nSPS) is 13.6. The fraction of sp³-hybridized carbons (Fsp3) is 0.800. The van der Waals surface area contributed by atoms with Gasteiger partial charge in [-0.05, 0) is 0 Å². The van der Waals surface area contributed by atoms with Gasteiger partial charge in [0.15, 0.2) is 0 Å². The number of alkyl halides is 10. The molecule has 0 aromatic heterocycles. The first-order valence-electron chi connectivity index (χ1n) is 5.79. The maximum atomic E-state index is 12.9. The summed E-state index contributed by atoms with van der Waals surface area (Å²) < 4.78 is 122. The number of carbonyl (C=O) groups excluding carboxylic acids is 2. The summed E-state index contributed by atoms with van der Waals surface area (Å²) in [4.78, 5) is 27.3. The third-order valence-electron chi connectivity index (χ3n) is 2.24. The zero-order chi connectivity index (χ0) is 19.4. The first kappa shape index (κ1) is 22.2. The molecule has 0 spiro atoms. The lowest BCUT2D eigenvalue weighted by molar-refractivity contribution is -0.288. The molecule has 0 N–H and O–H groups in total. The number of hydrogen-bond acceptors (Lipinski definition) is 4. The lowest BCUT2D eigenvalue weighted by atomic mass is 10.2. The van der Waals surface area contributed by atoms with E-state index in [9.17, 15) is 53.5 Å². The summed E-state index contributed by atoms with van der Waals surface area (Å²) in [7, 11) is 0. The molecule has 0 atom stereocenters. The van der Waals surface area contributed by atoms with Crippen molar-refractivity contribution in [1.29, 1.82) is 0 Å². The van der Waals surface area contributed by atoms with Gasteiger partial charge in [0.2, 0.25) is 0 Å². The second kappa shape index (κ2) is 7.42. The van der Waals surface area contributed by atoms with E-state index in [4.69, 9.17) is 0 Å². The molecule has 0 saturated carbocycles. The summed E-state index contributed by atoms with van der Waals surface area (Å²) in [6.45, 7) is 0. The molecule has 4 nitrogen and oxygen atoms in total. The number of rotatable bonds is 6. The minimum atomic E-state index is -5.06. The Bertz CT molecular complexity index is 412. The van der Waals surface area contributed by atoms with Gasteiger partial charge in [-0.2, -0.15) is 43.9 Å². The first-order chi connectivity index (χ1) is 10.5. The van der Waals surface area contributed by atoms with Crippen molar-refractivity contribution in [3.8, 4) is 0 Å². The fourth-order valence-corrected chi connectivity index (χ4v) is 0.999. The minimum absolute atomic E-state index is 2.11. The summed E-state index contributed by atoms with van der Waals surface area (Å²) in [5, 5.41) is 0. The van der Waals surface area contributed by atoms with Gasteiger partial charge in [0.25, 0.3) is 0 Å². The molecule has 0 aromatic carbocycles. The predicted octanol–water partition coefficient (Wildman–Crippen LogP) is 3.94. The summed E-state index contributed by atoms with van der Waals surface area (Å²) in [5.74, 6) is -15.4. The highest BCUT2D eigenvalue weighted by molar-refractivity contribution is 5.80. The predicted molar refractivity (Wildman–Crippen MR) is 52.7 cm³/mol. The molecule has 14 heteroatoms. The highest BCUT2D eigenvalue weighted by Gasteiger charge is 2.48. The van der Waals surface area contributed by atoms with Crippen molar-refractivity contribution < 1.29 is 63.3 Å². The SMILES string of the molecule is O=C(OOC(=O)C(F)(F)CCC(F)(F)F)C(F)(F)CCC(F)(F)F. The lowest BCUT2D eigenvalue weighted by Gasteiger charge is -2.17. The standard InChI is InChI=1S/C10H8F10O4/c11-7(12,1-3-9(15,16)17)5(21)23-24-6(22)8(13,14)2-4-10(18,19)20/h1-4H2. The second-order valence-corrected chi connectivity index (χ2v) is 4.38. The van der Waals surface area contributed by atoms with Gasteiger partial charge in [-0.1, -0.05) is 0 Å². The van der Waals surface area contributed by atoms with Crippen molar-refractivity contribution in [1.82, 2.24) is 0 Å². The van der Waals surface area contributed by atoms with E-state index in [1.165, 1.54) is 0 Å². The van der Waals surface area contributed by atoms with Crippen molar-refractivity contribution >= 4 is 11.9 Å². The van der Waals surface area contributed by atoms with Crippen LogP contribution in [0.1, 0.15) is 25.7 Å². The molecule has 0 amide bonds. The maximum Gasteiger partial charge on any atom is 0.424 e. The van der Waals surface area contributed by atoms with Gasteiger partial charge >= 0.3 is 36.1 Å². The van der Waals surface area contributed by atoms with Crippen LogP contribution in [-0.4, -0.2) is 36.1 Å². The van der Waals surface area contributed by atoms with Crippen LogP contribution in [0.25, 0.3) is 0 Å². The molecule has 0 aliphatic rings. The van der Waals surface area contributed by atoms with E-state index < -0.39 is 61.8 Å². The Morgan fingerprint density at radius 3 is 1.00 bits per heavy atom. The van der Waals surface area contributed by atoms with Crippen LogP contribution in [0, 0.1) is 0 Å². The summed E-state index contributed by atoms with van der Waals surface area (Å²) >= 11 is 0. The molecule has 142 valence electrons. The van der Waals surface area contributed by atoms with Crippen molar-refractivity contribution in [2.24, 2.45) is 0 Å².